The number of rotatable bonds is 4. The molecule has 0 radical (unpaired) electrons. The number of anilines is 1. The van der Waals surface area contributed by atoms with Gasteiger partial charge in [0.05, 0.1) is 12.7 Å². The summed E-state index contributed by atoms with van der Waals surface area (Å²) in [5, 5.41) is 8.06. The van der Waals surface area contributed by atoms with Gasteiger partial charge in [0.15, 0.2) is 5.69 Å². The zero-order chi connectivity index (χ0) is 24.1. The maximum atomic E-state index is 13.6. The third-order valence-corrected chi connectivity index (χ3v) is 6.87. The van der Waals surface area contributed by atoms with Gasteiger partial charge in [-0.3, -0.25) is 5.32 Å². The van der Waals surface area contributed by atoms with Crippen LogP contribution in [0.15, 0.2) is 114 Å². The molecule has 1 aliphatic heterocycles. The summed E-state index contributed by atoms with van der Waals surface area (Å²) < 4.78 is 7.26. The number of hydrogen-bond acceptors (Lipinski definition) is 4. The summed E-state index contributed by atoms with van der Waals surface area (Å²) >= 11 is 0. The quantitative estimate of drug-likeness (QED) is 0.244. The van der Waals surface area contributed by atoms with Crippen molar-refractivity contribution in [2.24, 2.45) is 0 Å². The van der Waals surface area contributed by atoms with Crippen LogP contribution in [-0.2, 0) is 6.42 Å². The Kier molecular flexibility index (Phi) is 4.67. The number of carbonyl (C=O) groups excluding carboxylic acids is 1. The summed E-state index contributed by atoms with van der Waals surface area (Å²) in [6.45, 7) is 0. The second-order valence-electron chi connectivity index (χ2n) is 9.07. The molecule has 0 aliphatic carbocycles. The lowest BCUT2D eigenvalue weighted by Crippen LogP contribution is -2.43. The van der Waals surface area contributed by atoms with Crippen LogP contribution in [0, 0.1) is 0 Å². The molecule has 0 amide bonds. The molecule has 0 saturated heterocycles. The molecule has 4 aromatic carbocycles. The zero-order valence-electron chi connectivity index (χ0n) is 19.4. The van der Waals surface area contributed by atoms with Crippen LogP contribution < -0.4 is 9.88 Å². The second kappa shape index (κ2) is 8.17. The van der Waals surface area contributed by atoms with E-state index in [9.17, 15) is 4.79 Å². The van der Waals surface area contributed by atoms with Crippen LogP contribution in [0.3, 0.4) is 0 Å². The highest BCUT2D eigenvalue weighted by Crippen LogP contribution is 2.38. The van der Waals surface area contributed by atoms with Gasteiger partial charge >= 0.3 is 11.7 Å². The van der Waals surface area contributed by atoms with E-state index in [-0.39, 0.29) is 5.91 Å². The predicted molar refractivity (Wildman–Crippen MR) is 141 cm³/mol. The van der Waals surface area contributed by atoms with E-state index in [4.69, 9.17) is 9.40 Å². The lowest BCUT2D eigenvalue weighted by Gasteiger charge is -2.12. The normalized spacial score (nSPS) is 14.8. The molecular weight excluding hydrogens is 446 g/mol. The average molecular weight is 469 g/mol. The fraction of sp³-hybridized carbons (Fsp3) is 0.0645. The first-order chi connectivity index (χ1) is 17.8. The summed E-state index contributed by atoms with van der Waals surface area (Å²) in [5.41, 5.74) is 3.46. The Morgan fingerprint density at radius 2 is 1.58 bits per heavy atom. The molecule has 7 rings (SSSR count). The van der Waals surface area contributed by atoms with E-state index in [1.165, 1.54) is 5.39 Å². The van der Waals surface area contributed by atoms with Crippen LogP contribution in [0.5, 0.6) is 0 Å². The van der Waals surface area contributed by atoms with Gasteiger partial charge in [0.25, 0.3) is 0 Å². The van der Waals surface area contributed by atoms with E-state index >= 15 is 0 Å². The first-order valence-corrected chi connectivity index (χ1v) is 12.0. The van der Waals surface area contributed by atoms with Gasteiger partial charge in [0.1, 0.15) is 17.7 Å². The Bertz CT molecular complexity index is 1760. The molecule has 3 heterocycles. The molecule has 1 aliphatic rings. The zero-order valence-corrected chi connectivity index (χ0v) is 19.4. The Hall–Kier alpha value is -4.77. The summed E-state index contributed by atoms with van der Waals surface area (Å²) in [4.78, 5) is 18.7. The van der Waals surface area contributed by atoms with Crippen molar-refractivity contribution in [3.8, 4) is 22.5 Å². The van der Waals surface area contributed by atoms with E-state index in [0.29, 0.717) is 12.2 Å². The SMILES string of the molecule is O=C1C(Cc2ccco2)Nc2c(-c3cc4ccccc4c4ccccc34)nc(-c3ccccc3)c[n+]21. The number of furan rings is 1. The average Bonchev–Trinajstić information content (AvgIpc) is 3.56. The van der Waals surface area contributed by atoms with Gasteiger partial charge < -0.3 is 4.42 Å². The van der Waals surface area contributed by atoms with Gasteiger partial charge in [-0.1, -0.05) is 78.9 Å². The van der Waals surface area contributed by atoms with Crippen molar-refractivity contribution in [2.45, 2.75) is 12.5 Å². The minimum absolute atomic E-state index is 0.0210. The van der Waals surface area contributed by atoms with Crippen LogP contribution >= 0.6 is 0 Å². The molecule has 1 N–H and O–H groups in total. The van der Waals surface area contributed by atoms with Crippen LogP contribution in [0.25, 0.3) is 44.1 Å². The number of fused-ring (bicyclic) bond motifs is 4. The number of hydrogen-bond donors (Lipinski definition) is 1. The van der Waals surface area contributed by atoms with Crippen molar-refractivity contribution < 1.29 is 13.8 Å². The first-order valence-electron chi connectivity index (χ1n) is 12.0. The highest BCUT2D eigenvalue weighted by molar-refractivity contribution is 6.14. The van der Waals surface area contributed by atoms with Gasteiger partial charge in [-0.25, -0.2) is 9.78 Å². The van der Waals surface area contributed by atoms with Gasteiger partial charge in [-0.05, 0) is 39.7 Å². The summed E-state index contributed by atoms with van der Waals surface area (Å²) in [7, 11) is 0. The maximum absolute atomic E-state index is 13.6. The molecule has 0 fully saturated rings. The molecule has 0 saturated carbocycles. The van der Waals surface area contributed by atoms with Gasteiger partial charge in [0, 0.05) is 11.1 Å². The van der Waals surface area contributed by atoms with Gasteiger partial charge in [-0.2, -0.15) is 4.57 Å². The summed E-state index contributed by atoms with van der Waals surface area (Å²) in [6.07, 6.45) is 3.94. The highest BCUT2D eigenvalue weighted by Gasteiger charge is 2.42. The topological polar surface area (TPSA) is 59.0 Å². The van der Waals surface area contributed by atoms with Crippen molar-refractivity contribution >= 4 is 33.3 Å². The predicted octanol–water partition coefficient (Wildman–Crippen LogP) is 6.28. The molecule has 1 unspecified atom stereocenters. The fourth-order valence-corrected chi connectivity index (χ4v) is 5.16. The Labute approximate surface area is 207 Å². The molecule has 1 atom stereocenters. The van der Waals surface area contributed by atoms with Crippen LogP contribution in [-0.4, -0.2) is 16.9 Å². The molecule has 36 heavy (non-hydrogen) atoms. The van der Waals surface area contributed by atoms with Crippen LogP contribution in [0.4, 0.5) is 5.82 Å². The van der Waals surface area contributed by atoms with Crippen LogP contribution in [0.2, 0.25) is 0 Å². The van der Waals surface area contributed by atoms with Gasteiger partial charge in [0.2, 0.25) is 6.04 Å². The molecule has 0 spiro atoms. The summed E-state index contributed by atoms with van der Waals surface area (Å²) in [5.74, 6) is 1.45. The monoisotopic (exact) mass is 468 g/mol. The lowest BCUT2D eigenvalue weighted by molar-refractivity contribution is -0.551. The number of benzene rings is 4. The highest BCUT2D eigenvalue weighted by atomic mass is 16.3. The third-order valence-electron chi connectivity index (χ3n) is 6.87. The molecule has 6 aromatic rings. The smallest absolute Gasteiger partial charge is 0.359 e. The molecule has 5 nitrogen and oxygen atoms in total. The second-order valence-corrected chi connectivity index (χ2v) is 9.07. The molecule has 172 valence electrons. The molecule has 0 bridgehead atoms. The molecular formula is C31H22N3O2+. The minimum Gasteiger partial charge on any atom is -0.469 e. The number of nitrogens with one attached hydrogen (secondary N) is 1. The maximum Gasteiger partial charge on any atom is 0.359 e. The number of carbonyl (C=O) groups is 1. The Morgan fingerprint density at radius 3 is 2.39 bits per heavy atom. The largest absolute Gasteiger partial charge is 0.469 e. The first kappa shape index (κ1) is 20.6. The van der Waals surface area contributed by atoms with E-state index in [1.54, 1.807) is 10.8 Å². The van der Waals surface area contributed by atoms with E-state index in [0.717, 1.165) is 44.4 Å². The Morgan fingerprint density at radius 1 is 0.833 bits per heavy atom. The lowest BCUT2D eigenvalue weighted by atomic mass is 9.95. The molecule has 2 aromatic heterocycles. The van der Waals surface area contributed by atoms with Crippen molar-refractivity contribution in [1.82, 2.24) is 4.98 Å². The van der Waals surface area contributed by atoms with Crippen molar-refractivity contribution in [3.63, 3.8) is 0 Å². The van der Waals surface area contributed by atoms with Crippen LogP contribution in [0.1, 0.15) is 10.6 Å². The standard InChI is InChI=1S/C31H21N3O2/c35-31-27(18-22-12-8-16-36-22)33-30-29(32-28(19-34(30)31)20-9-2-1-3-10-20)26-17-21-11-4-5-13-23(21)24-14-6-7-15-25(24)26/h1-17,19,27H,18H2/p+1. The number of aromatic nitrogens is 2. The van der Waals surface area contributed by atoms with Crippen molar-refractivity contribution in [2.75, 3.05) is 5.32 Å². The van der Waals surface area contributed by atoms with Crippen molar-refractivity contribution in [1.29, 1.82) is 0 Å². The minimum atomic E-state index is -0.436. The van der Waals surface area contributed by atoms with Crippen molar-refractivity contribution in [3.05, 3.63) is 115 Å². The fourth-order valence-electron chi connectivity index (χ4n) is 5.16. The molecule has 5 heteroatoms. The van der Waals surface area contributed by atoms with Gasteiger partial charge in [-0.15, -0.1) is 0 Å². The van der Waals surface area contributed by atoms with E-state index in [2.05, 4.69) is 53.8 Å². The number of nitrogens with zero attached hydrogens (tertiary/aromatic N) is 2. The Balaban J connectivity index is 1.49. The van der Waals surface area contributed by atoms with E-state index in [1.807, 2.05) is 54.7 Å². The van der Waals surface area contributed by atoms with E-state index < -0.39 is 6.04 Å². The third kappa shape index (κ3) is 3.28. The summed E-state index contributed by atoms with van der Waals surface area (Å²) in [6, 6.07) is 32.2.